The first kappa shape index (κ1) is 21.1. The predicted molar refractivity (Wildman–Crippen MR) is 108 cm³/mol. The third kappa shape index (κ3) is 6.20. The molecular weight excluding hydrogens is 385 g/mol. The Morgan fingerprint density at radius 2 is 1.93 bits per heavy atom. The molecule has 9 heteroatoms. The number of amidine groups is 1. The number of likely N-dealkylation sites (N-methyl/N-ethyl adjacent to an activating group) is 1. The van der Waals surface area contributed by atoms with Gasteiger partial charge in [-0.3, -0.25) is 5.43 Å². The van der Waals surface area contributed by atoms with E-state index in [1.807, 2.05) is 0 Å². The van der Waals surface area contributed by atoms with Gasteiger partial charge >= 0.3 is 5.97 Å². The molecule has 0 bridgehead atoms. The van der Waals surface area contributed by atoms with Crippen LogP contribution in [0.25, 0.3) is 0 Å². The summed E-state index contributed by atoms with van der Waals surface area (Å²) in [5.41, 5.74) is 4.15. The van der Waals surface area contributed by atoms with E-state index in [-0.39, 0.29) is 30.3 Å². The van der Waals surface area contributed by atoms with Crippen molar-refractivity contribution in [2.24, 2.45) is 5.10 Å². The molecule has 2 aromatic carbocycles. The summed E-state index contributed by atoms with van der Waals surface area (Å²) in [6.45, 7) is 0.0250. The average molecular weight is 405 g/mol. The van der Waals surface area contributed by atoms with E-state index in [9.17, 15) is 14.3 Å². The average Bonchev–Trinajstić information content (AvgIpc) is 2.67. The lowest BCUT2D eigenvalue weighted by Crippen LogP contribution is -2.30. The summed E-state index contributed by atoms with van der Waals surface area (Å²) in [5, 5.41) is 13.4. The van der Waals surface area contributed by atoms with Gasteiger partial charge in [0.1, 0.15) is 30.5 Å². The lowest BCUT2D eigenvalue weighted by atomic mass is 10.2. The van der Waals surface area contributed by atoms with Crippen molar-refractivity contribution in [3.63, 3.8) is 0 Å². The van der Waals surface area contributed by atoms with Gasteiger partial charge in [-0.1, -0.05) is 30.4 Å². The molecule has 0 saturated heterocycles. The van der Waals surface area contributed by atoms with Gasteiger partial charge < -0.3 is 19.5 Å². The molecule has 2 aromatic rings. The molecule has 148 valence electrons. The zero-order valence-corrected chi connectivity index (χ0v) is 16.2. The second kappa shape index (κ2) is 10.2. The van der Waals surface area contributed by atoms with Crippen LogP contribution >= 0.6 is 12.2 Å². The number of rotatable bonds is 9. The minimum Gasteiger partial charge on any atom is -0.489 e. The number of carbonyl (C=O) groups is 1. The molecule has 0 saturated carbocycles. The Morgan fingerprint density at radius 3 is 2.54 bits per heavy atom. The number of hydrazone groups is 1. The fourth-order valence-corrected chi connectivity index (χ4v) is 2.20. The minimum atomic E-state index is -1.13. The molecular formula is C19H20FN3O4S. The summed E-state index contributed by atoms with van der Waals surface area (Å²) in [5.74, 6) is -0.467. The third-order valence-electron chi connectivity index (χ3n) is 3.61. The van der Waals surface area contributed by atoms with E-state index in [1.165, 1.54) is 29.8 Å². The highest BCUT2D eigenvalue weighted by Crippen LogP contribution is 2.24. The molecule has 0 aliphatic carbocycles. The van der Waals surface area contributed by atoms with Crippen molar-refractivity contribution in [3.8, 4) is 11.5 Å². The van der Waals surface area contributed by atoms with Crippen LogP contribution in [0.5, 0.6) is 11.5 Å². The van der Waals surface area contributed by atoms with E-state index in [4.69, 9.17) is 9.47 Å². The number of carboxylic acid groups (broad SMARTS) is 1. The van der Waals surface area contributed by atoms with Gasteiger partial charge in [0.25, 0.3) is 0 Å². The van der Waals surface area contributed by atoms with Gasteiger partial charge in [0.2, 0.25) is 0 Å². The lowest BCUT2D eigenvalue weighted by molar-refractivity contribution is 0.0695. The van der Waals surface area contributed by atoms with E-state index < -0.39 is 11.8 Å². The topological polar surface area (TPSA) is 83.4 Å². The van der Waals surface area contributed by atoms with E-state index in [1.54, 1.807) is 37.2 Å². The number of thiocarbonyl (C=S) groups is 1. The fourth-order valence-electron chi connectivity index (χ4n) is 2.15. The quantitative estimate of drug-likeness (QED) is 0.287. The van der Waals surface area contributed by atoms with Crippen molar-refractivity contribution in [2.75, 3.05) is 20.7 Å². The van der Waals surface area contributed by atoms with Gasteiger partial charge in [-0.25, -0.2) is 9.18 Å². The van der Waals surface area contributed by atoms with Crippen LogP contribution in [0.2, 0.25) is 0 Å². The van der Waals surface area contributed by atoms with E-state index >= 15 is 0 Å². The number of halogens is 1. The molecule has 0 amide bonds. The first-order chi connectivity index (χ1) is 13.4. The Morgan fingerprint density at radius 1 is 1.25 bits per heavy atom. The largest absolute Gasteiger partial charge is 0.489 e. The molecule has 2 rings (SSSR count). The normalized spacial score (nSPS) is 10.9. The van der Waals surface area contributed by atoms with Gasteiger partial charge in [-0.05, 0) is 18.2 Å². The van der Waals surface area contributed by atoms with Crippen molar-refractivity contribution in [1.29, 1.82) is 0 Å². The van der Waals surface area contributed by atoms with Crippen LogP contribution in [0.15, 0.2) is 47.6 Å². The molecule has 0 heterocycles. The number of hydrogen-bond donors (Lipinski definition) is 2. The number of benzene rings is 2. The Hall–Kier alpha value is -3.20. The summed E-state index contributed by atoms with van der Waals surface area (Å²) in [6, 6.07) is 10.5. The first-order valence-corrected chi connectivity index (χ1v) is 8.68. The van der Waals surface area contributed by atoms with E-state index in [0.717, 1.165) is 0 Å². The van der Waals surface area contributed by atoms with Crippen molar-refractivity contribution < 1.29 is 23.8 Å². The number of aromatic carboxylic acids is 1. The SMILES string of the molecule is CN(C)/C(COc1cc(OCc2ccccc2F)cc(C(=O)O)c1)=N\NC=S. The Labute approximate surface area is 167 Å². The van der Waals surface area contributed by atoms with E-state index in [2.05, 4.69) is 22.7 Å². The standard InChI is InChI=1S/C19H20FN3O4S/c1-23(2)18(22-21-12-28)11-27-16-8-14(19(24)25)7-15(9-16)26-10-13-5-3-4-6-17(13)20/h3-9,12H,10-11H2,1-2H3,(H,21,28)(H,24,25)/b22-18-. The summed E-state index contributed by atoms with van der Waals surface area (Å²) in [7, 11) is 3.56. The molecule has 2 N–H and O–H groups in total. The van der Waals surface area contributed by atoms with Crippen LogP contribution in [-0.4, -0.2) is 48.0 Å². The molecule has 0 atom stereocenters. The number of nitrogens with zero attached hydrogens (tertiary/aromatic N) is 2. The van der Waals surface area contributed by atoms with Crippen molar-refractivity contribution in [2.45, 2.75) is 6.61 Å². The molecule has 0 radical (unpaired) electrons. The Bertz CT molecular complexity index is 874. The number of hydrogen-bond acceptors (Lipinski definition) is 5. The van der Waals surface area contributed by atoms with Gasteiger partial charge in [0.15, 0.2) is 5.84 Å². The fraction of sp³-hybridized carbons (Fsp3) is 0.211. The van der Waals surface area contributed by atoms with Crippen molar-refractivity contribution in [1.82, 2.24) is 10.3 Å². The summed E-state index contributed by atoms with van der Waals surface area (Å²) < 4.78 is 25.0. The van der Waals surface area contributed by atoms with E-state index in [0.29, 0.717) is 11.4 Å². The van der Waals surface area contributed by atoms with Crippen LogP contribution in [0.3, 0.4) is 0 Å². The van der Waals surface area contributed by atoms with Crippen LogP contribution in [0, 0.1) is 5.82 Å². The summed E-state index contributed by atoms with van der Waals surface area (Å²) in [6.07, 6.45) is 0. The predicted octanol–water partition coefficient (Wildman–Crippen LogP) is 2.90. The monoisotopic (exact) mass is 405 g/mol. The number of carboxylic acids is 1. The van der Waals surface area contributed by atoms with Crippen LogP contribution in [-0.2, 0) is 6.61 Å². The second-order valence-corrected chi connectivity index (χ2v) is 6.07. The van der Waals surface area contributed by atoms with Crippen molar-refractivity contribution >= 4 is 29.5 Å². The number of ether oxygens (including phenoxy) is 2. The van der Waals surface area contributed by atoms with Gasteiger partial charge in [0.05, 0.1) is 11.1 Å². The van der Waals surface area contributed by atoms with Gasteiger partial charge in [-0.15, -0.1) is 0 Å². The first-order valence-electron chi connectivity index (χ1n) is 8.21. The second-order valence-electron chi connectivity index (χ2n) is 5.84. The molecule has 0 fully saturated rings. The molecule has 7 nitrogen and oxygen atoms in total. The molecule has 28 heavy (non-hydrogen) atoms. The zero-order valence-electron chi connectivity index (χ0n) is 15.4. The molecule has 0 unspecified atom stereocenters. The maximum atomic E-state index is 13.7. The molecule has 0 spiro atoms. The smallest absolute Gasteiger partial charge is 0.335 e. The third-order valence-corrected chi connectivity index (χ3v) is 3.72. The highest BCUT2D eigenvalue weighted by molar-refractivity contribution is 7.78. The molecule has 0 aliphatic rings. The van der Waals surface area contributed by atoms with Crippen LogP contribution in [0.4, 0.5) is 4.39 Å². The lowest BCUT2D eigenvalue weighted by Gasteiger charge is -2.17. The van der Waals surface area contributed by atoms with Crippen LogP contribution in [0.1, 0.15) is 15.9 Å². The Kier molecular flexibility index (Phi) is 7.70. The summed E-state index contributed by atoms with van der Waals surface area (Å²) >= 11 is 4.66. The minimum absolute atomic E-state index is 0.0126. The Balaban J connectivity index is 2.17. The highest BCUT2D eigenvalue weighted by Gasteiger charge is 2.11. The summed E-state index contributed by atoms with van der Waals surface area (Å²) in [4.78, 5) is 13.1. The van der Waals surface area contributed by atoms with Gasteiger partial charge in [0, 0.05) is 25.7 Å². The molecule has 0 aromatic heterocycles. The van der Waals surface area contributed by atoms with Crippen molar-refractivity contribution in [3.05, 3.63) is 59.4 Å². The van der Waals surface area contributed by atoms with Crippen LogP contribution < -0.4 is 14.9 Å². The molecule has 0 aliphatic heterocycles. The maximum absolute atomic E-state index is 13.7. The van der Waals surface area contributed by atoms with Gasteiger partial charge in [-0.2, -0.15) is 5.10 Å². The highest BCUT2D eigenvalue weighted by atomic mass is 32.1. The maximum Gasteiger partial charge on any atom is 0.335 e. The zero-order chi connectivity index (χ0) is 20.5. The number of nitrogens with one attached hydrogen (secondary N) is 1.